The smallest absolute Gasteiger partial charge is 0.235 e. The Morgan fingerprint density at radius 3 is 2.70 bits per heavy atom. The van der Waals surface area contributed by atoms with Crippen LogP contribution in [0.1, 0.15) is 0 Å². The largest absolute Gasteiger partial charge is 0.497 e. The molecular formula is C18H13N7OS. The Balaban J connectivity index is 1.52. The number of fused-ring (bicyclic) bond motifs is 1. The van der Waals surface area contributed by atoms with Crippen molar-refractivity contribution in [1.29, 1.82) is 0 Å². The van der Waals surface area contributed by atoms with Gasteiger partial charge in [0, 0.05) is 11.8 Å². The Bertz CT molecular complexity index is 1210. The third-order valence-corrected chi connectivity index (χ3v) is 5.00. The molecule has 27 heavy (non-hydrogen) atoms. The first-order valence-corrected chi connectivity index (χ1v) is 8.97. The second-order valence-electron chi connectivity index (χ2n) is 5.74. The number of rotatable bonds is 4. The van der Waals surface area contributed by atoms with Crippen molar-refractivity contribution >= 4 is 16.3 Å². The number of aromatic amines is 1. The maximum absolute atomic E-state index is 5.19. The fourth-order valence-electron chi connectivity index (χ4n) is 2.72. The summed E-state index contributed by atoms with van der Waals surface area (Å²) in [6, 6.07) is 15.4. The highest BCUT2D eigenvalue weighted by atomic mass is 32.1. The summed E-state index contributed by atoms with van der Waals surface area (Å²) in [5, 5.41) is 21.3. The molecule has 9 heteroatoms. The number of hydrogen-bond donors (Lipinski definition) is 1. The van der Waals surface area contributed by atoms with Gasteiger partial charge in [0.1, 0.15) is 17.1 Å². The fourth-order valence-corrected chi connectivity index (χ4v) is 3.54. The van der Waals surface area contributed by atoms with Crippen LogP contribution in [-0.2, 0) is 0 Å². The summed E-state index contributed by atoms with van der Waals surface area (Å²) in [5.74, 6) is 1.41. The fraction of sp³-hybridized carbons (Fsp3) is 0.0556. The number of hydrogen-bond acceptors (Lipinski definition) is 7. The maximum Gasteiger partial charge on any atom is 0.235 e. The second kappa shape index (κ2) is 6.29. The van der Waals surface area contributed by atoms with Crippen molar-refractivity contribution in [3.8, 4) is 39.2 Å². The Morgan fingerprint density at radius 2 is 1.93 bits per heavy atom. The quantitative estimate of drug-likeness (QED) is 0.518. The van der Waals surface area contributed by atoms with Gasteiger partial charge in [0.05, 0.1) is 12.8 Å². The van der Waals surface area contributed by atoms with E-state index in [1.54, 1.807) is 17.8 Å². The molecular weight excluding hydrogens is 362 g/mol. The topological polar surface area (TPSA) is 93.9 Å². The number of pyridine rings is 1. The second-order valence-corrected chi connectivity index (χ2v) is 6.69. The first kappa shape index (κ1) is 15.6. The van der Waals surface area contributed by atoms with Gasteiger partial charge in [0.2, 0.25) is 10.8 Å². The molecule has 8 nitrogen and oxygen atoms in total. The van der Waals surface area contributed by atoms with Crippen molar-refractivity contribution in [2.24, 2.45) is 0 Å². The summed E-state index contributed by atoms with van der Waals surface area (Å²) in [6.45, 7) is 0. The lowest BCUT2D eigenvalue weighted by atomic mass is 10.1. The molecule has 1 N–H and O–H groups in total. The van der Waals surface area contributed by atoms with Crippen LogP contribution in [0, 0.1) is 0 Å². The lowest BCUT2D eigenvalue weighted by molar-refractivity contribution is 0.415. The van der Waals surface area contributed by atoms with E-state index in [0.29, 0.717) is 10.8 Å². The molecule has 0 atom stereocenters. The van der Waals surface area contributed by atoms with Crippen LogP contribution in [0.3, 0.4) is 0 Å². The van der Waals surface area contributed by atoms with Crippen LogP contribution in [-0.4, -0.2) is 42.1 Å². The van der Waals surface area contributed by atoms with E-state index in [4.69, 9.17) is 4.74 Å². The molecule has 0 aliphatic heterocycles. The SMILES string of the molecule is COc1ccc(-c2cc(-c3nnc4sc(-c5ccccn5)nn34)[nH]n2)cc1. The van der Waals surface area contributed by atoms with Gasteiger partial charge < -0.3 is 4.74 Å². The van der Waals surface area contributed by atoms with Crippen molar-refractivity contribution in [3.63, 3.8) is 0 Å². The van der Waals surface area contributed by atoms with E-state index >= 15 is 0 Å². The van der Waals surface area contributed by atoms with Gasteiger partial charge in [-0.15, -0.1) is 10.2 Å². The molecule has 0 aliphatic rings. The Hall–Kier alpha value is -3.59. The lowest BCUT2D eigenvalue weighted by Gasteiger charge is -1.99. The number of H-pyrrole nitrogens is 1. The monoisotopic (exact) mass is 375 g/mol. The number of ether oxygens (including phenoxy) is 1. The van der Waals surface area contributed by atoms with Crippen LogP contribution in [0.2, 0.25) is 0 Å². The summed E-state index contributed by atoms with van der Waals surface area (Å²) >= 11 is 1.44. The molecule has 0 radical (unpaired) electrons. The van der Waals surface area contributed by atoms with Crippen molar-refractivity contribution in [2.75, 3.05) is 7.11 Å². The summed E-state index contributed by atoms with van der Waals surface area (Å²) in [6.07, 6.45) is 1.74. The molecule has 0 spiro atoms. The predicted octanol–water partition coefficient (Wildman–Crippen LogP) is 3.31. The minimum absolute atomic E-state index is 0.607. The zero-order valence-corrected chi connectivity index (χ0v) is 15.0. The molecule has 0 bridgehead atoms. The van der Waals surface area contributed by atoms with Gasteiger partial charge >= 0.3 is 0 Å². The van der Waals surface area contributed by atoms with Gasteiger partial charge in [0.15, 0.2) is 5.01 Å². The molecule has 0 saturated heterocycles. The molecule has 5 aromatic rings. The third-order valence-electron chi connectivity index (χ3n) is 4.08. The van der Waals surface area contributed by atoms with Crippen LogP contribution < -0.4 is 4.74 Å². The van der Waals surface area contributed by atoms with Gasteiger partial charge in [-0.05, 0) is 42.5 Å². The number of nitrogens with one attached hydrogen (secondary N) is 1. The van der Waals surface area contributed by atoms with Crippen molar-refractivity contribution in [1.82, 2.24) is 35.0 Å². The van der Waals surface area contributed by atoms with Crippen molar-refractivity contribution in [2.45, 2.75) is 0 Å². The molecule has 5 rings (SSSR count). The molecule has 0 unspecified atom stereocenters. The van der Waals surface area contributed by atoms with E-state index in [1.165, 1.54) is 11.3 Å². The highest BCUT2D eigenvalue weighted by Gasteiger charge is 2.17. The number of benzene rings is 1. The summed E-state index contributed by atoms with van der Waals surface area (Å²) in [7, 11) is 1.64. The van der Waals surface area contributed by atoms with Gasteiger partial charge in [-0.3, -0.25) is 10.1 Å². The standard InChI is InChI=1S/C18H13N7OS/c1-26-12-7-5-11(6-8-12)14-10-15(21-20-14)16-22-23-18-25(16)24-17(27-18)13-4-2-3-9-19-13/h2-10H,1H3,(H,20,21). The molecule has 0 fully saturated rings. The molecule has 132 valence electrons. The number of aromatic nitrogens is 7. The van der Waals surface area contributed by atoms with Gasteiger partial charge in [-0.25, -0.2) is 0 Å². The maximum atomic E-state index is 5.19. The van der Waals surface area contributed by atoms with Crippen LogP contribution >= 0.6 is 11.3 Å². The summed E-state index contributed by atoms with van der Waals surface area (Å²) in [5.41, 5.74) is 3.34. The van der Waals surface area contributed by atoms with E-state index in [2.05, 4.69) is 30.5 Å². The first-order valence-electron chi connectivity index (χ1n) is 8.16. The van der Waals surface area contributed by atoms with Crippen LogP contribution in [0.4, 0.5) is 0 Å². The zero-order chi connectivity index (χ0) is 18.2. The minimum atomic E-state index is 0.607. The lowest BCUT2D eigenvalue weighted by Crippen LogP contribution is -1.91. The average molecular weight is 375 g/mol. The third kappa shape index (κ3) is 2.74. The van der Waals surface area contributed by atoms with Gasteiger partial charge in [0.25, 0.3) is 0 Å². The van der Waals surface area contributed by atoms with Crippen molar-refractivity contribution < 1.29 is 4.74 Å². The van der Waals surface area contributed by atoms with Crippen LogP contribution in [0.25, 0.3) is 38.4 Å². The van der Waals surface area contributed by atoms with E-state index in [1.807, 2.05) is 48.5 Å². The van der Waals surface area contributed by atoms with E-state index < -0.39 is 0 Å². The van der Waals surface area contributed by atoms with Gasteiger partial charge in [-0.2, -0.15) is 14.7 Å². The summed E-state index contributed by atoms with van der Waals surface area (Å²) < 4.78 is 6.90. The molecule has 0 saturated carbocycles. The average Bonchev–Trinajstić information content (AvgIpc) is 3.44. The number of nitrogens with zero attached hydrogens (tertiary/aromatic N) is 6. The molecule has 0 aliphatic carbocycles. The molecule has 4 aromatic heterocycles. The highest BCUT2D eigenvalue weighted by molar-refractivity contribution is 7.19. The highest BCUT2D eigenvalue weighted by Crippen LogP contribution is 2.28. The molecule has 1 aromatic carbocycles. The Kier molecular flexibility index (Phi) is 3.65. The molecule has 0 amide bonds. The van der Waals surface area contributed by atoms with E-state index in [-0.39, 0.29) is 0 Å². The van der Waals surface area contributed by atoms with Gasteiger partial charge in [-0.1, -0.05) is 17.4 Å². The van der Waals surface area contributed by atoms with E-state index in [0.717, 1.165) is 33.4 Å². The first-order chi connectivity index (χ1) is 13.3. The zero-order valence-electron chi connectivity index (χ0n) is 14.2. The van der Waals surface area contributed by atoms with Crippen LogP contribution in [0.5, 0.6) is 5.75 Å². The van der Waals surface area contributed by atoms with E-state index in [9.17, 15) is 0 Å². The normalized spacial score (nSPS) is 11.1. The Morgan fingerprint density at radius 1 is 1.04 bits per heavy atom. The summed E-state index contributed by atoms with van der Waals surface area (Å²) in [4.78, 5) is 5.04. The Labute approximate surface area is 157 Å². The molecule has 4 heterocycles. The minimum Gasteiger partial charge on any atom is -0.497 e. The predicted molar refractivity (Wildman–Crippen MR) is 101 cm³/mol. The van der Waals surface area contributed by atoms with Crippen LogP contribution in [0.15, 0.2) is 54.7 Å². The number of methoxy groups -OCH3 is 1. The van der Waals surface area contributed by atoms with Crippen molar-refractivity contribution in [3.05, 3.63) is 54.7 Å².